The quantitative estimate of drug-likeness (QED) is 0.789. The molecule has 1 aliphatic rings. The van der Waals surface area contributed by atoms with E-state index in [1.54, 1.807) is 0 Å². The fraction of sp³-hybridized carbons (Fsp3) is 0.500. The third-order valence-electron chi connectivity index (χ3n) is 3.77. The minimum atomic E-state index is -0.168. The van der Waals surface area contributed by atoms with E-state index < -0.39 is 0 Å². The molecule has 3 nitrogen and oxygen atoms in total. The molecular weight excluding hydrogens is 214 g/mol. The number of hydrogen-bond donors (Lipinski definition) is 1. The van der Waals surface area contributed by atoms with E-state index in [4.69, 9.17) is 4.74 Å². The molecule has 17 heavy (non-hydrogen) atoms. The number of methoxy groups -OCH3 is 1. The van der Waals surface area contributed by atoms with Crippen LogP contribution >= 0.6 is 0 Å². The number of esters is 1. The van der Waals surface area contributed by atoms with Crippen LogP contribution in [0.2, 0.25) is 0 Å². The maximum atomic E-state index is 11.8. The highest BCUT2D eigenvalue weighted by Gasteiger charge is 2.45. The Hall–Kier alpha value is -1.35. The summed E-state index contributed by atoms with van der Waals surface area (Å²) in [4.78, 5) is 11.8. The molecule has 2 unspecified atom stereocenters. The van der Waals surface area contributed by atoms with Crippen LogP contribution in [0.5, 0.6) is 0 Å². The lowest BCUT2D eigenvalue weighted by atomic mass is 9.74. The number of aryl methyl sites for hydroxylation is 1. The monoisotopic (exact) mass is 233 g/mol. The Kier molecular flexibility index (Phi) is 3.20. The van der Waals surface area contributed by atoms with E-state index in [0.29, 0.717) is 6.54 Å². The predicted molar refractivity (Wildman–Crippen MR) is 66.9 cm³/mol. The molecule has 0 amide bonds. The van der Waals surface area contributed by atoms with Gasteiger partial charge in [0.15, 0.2) is 0 Å². The van der Waals surface area contributed by atoms with E-state index in [2.05, 4.69) is 37.4 Å². The first-order valence-electron chi connectivity index (χ1n) is 5.93. The van der Waals surface area contributed by atoms with Crippen LogP contribution in [0.4, 0.5) is 0 Å². The van der Waals surface area contributed by atoms with Crippen LogP contribution in [0, 0.1) is 12.8 Å². The Morgan fingerprint density at radius 2 is 2.29 bits per heavy atom. The number of ether oxygens (including phenoxy) is 1. The molecule has 0 radical (unpaired) electrons. The number of benzene rings is 1. The summed E-state index contributed by atoms with van der Waals surface area (Å²) in [6.45, 7) is 5.71. The first kappa shape index (κ1) is 12.1. The van der Waals surface area contributed by atoms with Crippen molar-refractivity contribution >= 4 is 5.97 Å². The van der Waals surface area contributed by atoms with Gasteiger partial charge in [-0.3, -0.25) is 4.79 Å². The number of rotatable bonds is 2. The normalized spacial score (nSPS) is 28.1. The molecule has 0 saturated carbocycles. The number of nitrogens with one attached hydrogen (secondary N) is 1. The van der Waals surface area contributed by atoms with Gasteiger partial charge < -0.3 is 10.1 Å². The molecule has 1 fully saturated rings. The van der Waals surface area contributed by atoms with Crippen LogP contribution in [0.3, 0.4) is 0 Å². The fourth-order valence-electron chi connectivity index (χ4n) is 2.61. The van der Waals surface area contributed by atoms with E-state index in [0.717, 1.165) is 6.54 Å². The minimum absolute atomic E-state index is 0.103. The average molecular weight is 233 g/mol. The van der Waals surface area contributed by atoms with Crippen molar-refractivity contribution in [3.63, 3.8) is 0 Å². The SMILES string of the molecule is COC(=O)C1CNCC1(C)c1cccc(C)c1. The van der Waals surface area contributed by atoms with Gasteiger partial charge in [0.2, 0.25) is 0 Å². The van der Waals surface area contributed by atoms with Crippen molar-refractivity contribution in [3.8, 4) is 0 Å². The average Bonchev–Trinajstić information content (AvgIpc) is 2.72. The zero-order valence-electron chi connectivity index (χ0n) is 10.6. The molecule has 0 aliphatic carbocycles. The second kappa shape index (κ2) is 4.49. The largest absolute Gasteiger partial charge is 0.469 e. The zero-order valence-corrected chi connectivity index (χ0v) is 10.6. The van der Waals surface area contributed by atoms with Crippen molar-refractivity contribution in [2.75, 3.05) is 20.2 Å². The van der Waals surface area contributed by atoms with Gasteiger partial charge in [0.25, 0.3) is 0 Å². The molecule has 0 aromatic heterocycles. The van der Waals surface area contributed by atoms with Gasteiger partial charge in [-0.15, -0.1) is 0 Å². The van der Waals surface area contributed by atoms with Gasteiger partial charge in [-0.1, -0.05) is 36.8 Å². The van der Waals surface area contributed by atoms with Gasteiger partial charge in [-0.25, -0.2) is 0 Å². The molecule has 1 aromatic rings. The maximum Gasteiger partial charge on any atom is 0.310 e. The van der Waals surface area contributed by atoms with E-state index in [9.17, 15) is 4.79 Å². The Bertz CT molecular complexity index is 430. The summed E-state index contributed by atoms with van der Waals surface area (Å²) in [6.07, 6.45) is 0. The molecule has 1 saturated heterocycles. The molecule has 0 spiro atoms. The molecule has 1 aromatic carbocycles. The summed E-state index contributed by atoms with van der Waals surface area (Å²) < 4.78 is 4.90. The third kappa shape index (κ3) is 2.07. The van der Waals surface area contributed by atoms with Crippen LogP contribution in [0.15, 0.2) is 24.3 Å². The Morgan fingerprint density at radius 3 is 2.94 bits per heavy atom. The Balaban J connectivity index is 2.37. The number of carbonyl (C=O) groups excluding carboxylic acids is 1. The van der Waals surface area contributed by atoms with Crippen LogP contribution in [0.25, 0.3) is 0 Å². The molecule has 3 heteroatoms. The summed E-state index contributed by atoms with van der Waals surface area (Å²) in [5.74, 6) is -0.228. The van der Waals surface area contributed by atoms with Gasteiger partial charge in [0, 0.05) is 18.5 Å². The van der Waals surface area contributed by atoms with Crippen LogP contribution in [-0.4, -0.2) is 26.2 Å². The molecule has 92 valence electrons. The lowest BCUT2D eigenvalue weighted by Gasteiger charge is -2.29. The lowest BCUT2D eigenvalue weighted by Crippen LogP contribution is -2.37. The summed E-state index contributed by atoms with van der Waals surface area (Å²) in [6, 6.07) is 8.36. The summed E-state index contributed by atoms with van der Waals surface area (Å²) in [5, 5.41) is 3.30. The first-order chi connectivity index (χ1) is 8.08. The fourth-order valence-corrected chi connectivity index (χ4v) is 2.61. The van der Waals surface area contributed by atoms with Gasteiger partial charge in [-0.05, 0) is 12.5 Å². The lowest BCUT2D eigenvalue weighted by molar-refractivity contribution is -0.146. The van der Waals surface area contributed by atoms with Crippen molar-refractivity contribution in [1.82, 2.24) is 5.32 Å². The van der Waals surface area contributed by atoms with E-state index in [1.165, 1.54) is 18.2 Å². The molecule has 1 N–H and O–H groups in total. The predicted octanol–water partition coefficient (Wildman–Crippen LogP) is 1.65. The van der Waals surface area contributed by atoms with E-state index >= 15 is 0 Å². The molecule has 2 rings (SSSR count). The second-order valence-electron chi connectivity index (χ2n) is 4.99. The van der Waals surface area contributed by atoms with Crippen molar-refractivity contribution < 1.29 is 9.53 Å². The highest BCUT2D eigenvalue weighted by molar-refractivity contribution is 5.75. The van der Waals surface area contributed by atoms with Gasteiger partial charge in [0.05, 0.1) is 13.0 Å². The topological polar surface area (TPSA) is 38.3 Å². The van der Waals surface area contributed by atoms with Crippen LogP contribution in [0.1, 0.15) is 18.1 Å². The van der Waals surface area contributed by atoms with Gasteiger partial charge in [0.1, 0.15) is 0 Å². The highest BCUT2D eigenvalue weighted by atomic mass is 16.5. The number of carbonyl (C=O) groups is 1. The third-order valence-corrected chi connectivity index (χ3v) is 3.77. The maximum absolute atomic E-state index is 11.8. The Morgan fingerprint density at radius 1 is 1.53 bits per heavy atom. The van der Waals surface area contributed by atoms with E-state index in [-0.39, 0.29) is 17.3 Å². The summed E-state index contributed by atoms with van der Waals surface area (Å²) in [7, 11) is 1.46. The molecule has 0 bridgehead atoms. The standard InChI is InChI=1S/C14H19NO2/c1-10-5-4-6-11(7-10)14(2)9-15-8-12(14)13(16)17-3/h4-7,12,15H,8-9H2,1-3H3. The molecule has 1 aliphatic heterocycles. The van der Waals surface area contributed by atoms with Gasteiger partial charge >= 0.3 is 5.97 Å². The smallest absolute Gasteiger partial charge is 0.310 e. The van der Waals surface area contributed by atoms with Crippen molar-refractivity contribution in [3.05, 3.63) is 35.4 Å². The molecular formula is C14H19NO2. The van der Waals surface area contributed by atoms with Crippen LogP contribution in [-0.2, 0) is 14.9 Å². The first-order valence-corrected chi connectivity index (χ1v) is 5.93. The van der Waals surface area contributed by atoms with Gasteiger partial charge in [-0.2, -0.15) is 0 Å². The summed E-state index contributed by atoms with van der Waals surface area (Å²) >= 11 is 0. The van der Waals surface area contributed by atoms with Crippen molar-refractivity contribution in [2.24, 2.45) is 5.92 Å². The van der Waals surface area contributed by atoms with Crippen LogP contribution < -0.4 is 5.32 Å². The van der Waals surface area contributed by atoms with E-state index in [1.807, 2.05) is 6.07 Å². The Labute approximate surface area is 102 Å². The van der Waals surface area contributed by atoms with Crippen molar-refractivity contribution in [2.45, 2.75) is 19.3 Å². The highest BCUT2D eigenvalue weighted by Crippen LogP contribution is 2.36. The number of hydrogen-bond acceptors (Lipinski definition) is 3. The molecule has 2 atom stereocenters. The zero-order chi connectivity index (χ0) is 12.5. The second-order valence-corrected chi connectivity index (χ2v) is 4.99. The van der Waals surface area contributed by atoms with Crippen molar-refractivity contribution in [1.29, 1.82) is 0 Å². The summed E-state index contributed by atoms with van der Waals surface area (Å²) in [5.41, 5.74) is 2.26. The molecule has 1 heterocycles. The minimum Gasteiger partial charge on any atom is -0.469 e.